The zero-order valence-electron chi connectivity index (χ0n) is 9.41. The average Bonchev–Trinajstić information content (AvgIpc) is 2.17. The van der Waals surface area contributed by atoms with Gasteiger partial charge >= 0.3 is 0 Å². The molecule has 0 aliphatic heterocycles. The van der Waals surface area contributed by atoms with E-state index in [1.54, 1.807) is 11.7 Å². The van der Waals surface area contributed by atoms with Crippen LogP contribution in [0.3, 0.4) is 0 Å². The van der Waals surface area contributed by atoms with Crippen LogP contribution >= 0.6 is 12.6 Å². The summed E-state index contributed by atoms with van der Waals surface area (Å²) in [6.07, 6.45) is 0. The van der Waals surface area contributed by atoms with Gasteiger partial charge in [0.2, 0.25) is 0 Å². The van der Waals surface area contributed by atoms with Crippen molar-refractivity contribution in [1.29, 1.82) is 0 Å². The summed E-state index contributed by atoms with van der Waals surface area (Å²) in [5.74, 6) is 0.484. The molecule has 4 heteroatoms. The fraction of sp³-hybridized carbons (Fsp3) is 0.545. The third kappa shape index (κ3) is 2.63. The lowest BCUT2D eigenvalue weighted by molar-refractivity contribution is 0.185. The number of thiol groups is 1. The first-order chi connectivity index (χ1) is 7.11. The first kappa shape index (κ1) is 12.3. The van der Waals surface area contributed by atoms with Crippen LogP contribution in [0.25, 0.3) is 0 Å². The molecule has 15 heavy (non-hydrogen) atoms. The normalized spacial score (nSPS) is 10.7. The Kier molecular flexibility index (Phi) is 4.42. The average molecular weight is 227 g/mol. The summed E-state index contributed by atoms with van der Waals surface area (Å²) >= 11 is 4.18. The quantitative estimate of drug-likeness (QED) is 0.791. The van der Waals surface area contributed by atoms with Crippen molar-refractivity contribution in [2.75, 3.05) is 13.7 Å². The number of ether oxygens (including phenoxy) is 1. The fourth-order valence-corrected chi connectivity index (χ4v) is 2.01. The Morgan fingerprint density at radius 2 is 2.13 bits per heavy atom. The molecule has 0 saturated carbocycles. The van der Waals surface area contributed by atoms with E-state index in [9.17, 15) is 4.79 Å². The van der Waals surface area contributed by atoms with E-state index in [1.165, 1.54) is 0 Å². The summed E-state index contributed by atoms with van der Waals surface area (Å²) in [4.78, 5) is 12.0. The molecular formula is C11H17NO2S. The Balaban J connectivity index is 3.20. The van der Waals surface area contributed by atoms with E-state index in [2.05, 4.69) is 12.6 Å². The summed E-state index contributed by atoms with van der Waals surface area (Å²) in [6, 6.07) is 2.02. The number of nitrogens with zero attached hydrogens (tertiary/aromatic N) is 1. The molecule has 1 aromatic heterocycles. The number of hydrogen-bond donors (Lipinski definition) is 1. The molecular weight excluding hydrogens is 210 g/mol. The fourth-order valence-electron chi connectivity index (χ4n) is 1.62. The van der Waals surface area contributed by atoms with E-state index in [-0.39, 0.29) is 5.56 Å². The van der Waals surface area contributed by atoms with Gasteiger partial charge in [-0.2, -0.15) is 12.6 Å². The number of rotatable bonds is 4. The summed E-state index contributed by atoms with van der Waals surface area (Å²) in [5, 5.41) is 0. The Morgan fingerprint density at radius 3 is 2.67 bits per heavy atom. The Bertz CT molecular complexity index is 398. The first-order valence-corrected chi connectivity index (χ1v) is 5.54. The molecule has 0 N–H and O–H groups in total. The smallest absolute Gasteiger partial charge is 0.255 e. The minimum absolute atomic E-state index is 0.0551. The minimum atomic E-state index is 0.0551. The molecule has 1 aromatic rings. The maximum atomic E-state index is 12.0. The van der Waals surface area contributed by atoms with Gasteiger partial charge in [-0.05, 0) is 25.5 Å². The molecule has 0 aliphatic rings. The lowest BCUT2D eigenvalue weighted by Crippen LogP contribution is -2.27. The minimum Gasteiger partial charge on any atom is -0.383 e. The predicted molar refractivity (Wildman–Crippen MR) is 64.7 cm³/mol. The second-order valence-electron chi connectivity index (χ2n) is 3.55. The number of hydrogen-bond acceptors (Lipinski definition) is 3. The highest BCUT2D eigenvalue weighted by Gasteiger charge is 2.08. The number of pyridine rings is 1. The monoisotopic (exact) mass is 227 g/mol. The molecule has 0 bridgehead atoms. The molecule has 0 fully saturated rings. The van der Waals surface area contributed by atoms with Crippen molar-refractivity contribution in [2.24, 2.45) is 0 Å². The van der Waals surface area contributed by atoms with Gasteiger partial charge in [0.05, 0.1) is 6.61 Å². The van der Waals surface area contributed by atoms with Crippen LogP contribution in [0.1, 0.15) is 16.8 Å². The van der Waals surface area contributed by atoms with Gasteiger partial charge in [-0.1, -0.05) is 0 Å². The van der Waals surface area contributed by atoms with E-state index in [4.69, 9.17) is 4.74 Å². The number of aromatic nitrogens is 1. The SMILES string of the molecule is COCCn1c(C)cc(C)c(CS)c1=O. The molecule has 0 atom stereocenters. The summed E-state index contributed by atoms with van der Waals surface area (Å²) in [6.45, 7) is 5.03. The van der Waals surface area contributed by atoms with Crippen LogP contribution in [-0.4, -0.2) is 18.3 Å². The van der Waals surface area contributed by atoms with Crippen molar-refractivity contribution < 1.29 is 4.74 Å². The Hall–Kier alpha value is -0.740. The molecule has 0 aromatic carbocycles. The predicted octanol–water partition coefficient (Wildman–Crippen LogP) is 1.54. The number of methoxy groups -OCH3 is 1. The molecule has 84 valence electrons. The van der Waals surface area contributed by atoms with E-state index in [1.807, 2.05) is 19.9 Å². The van der Waals surface area contributed by atoms with E-state index in [0.717, 1.165) is 16.8 Å². The van der Waals surface area contributed by atoms with Crippen molar-refractivity contribution in [3.63, 3.8) is 0 Å². The van der Waals surface area contributed by atoms with Crippen LogP contribution in [0, 0.1) is 13.8 Å². The molecule has 0 amide bonds. The lowest BCUT2D eigenvalue weighted by atomic mass is 10.1. The van der Waals surface area contributed by atoms with Crippen molar-refractivity contribution >= 4 is 12.6 Å². The first-order valence-electron chi connectivity index (χ1n) is 4.91. The van der Waals surface area contributed by atoms with Crippen molar-refractivity contribution in [1.82, 2.24) is 4.57 Å². The summed E-state index contributed by atoms with van der Waals surface area (Å²) in [5.41, 5.74) is 2.82. The molecule has 0 saturated heterocycles. The van der Waals surface area contributed by atoms with Crippen LogP contribution in [0.15, 0.2) is 10.9 Å². The van der Waals surface area contributed by atoms with E-state index in [0.29, 0.717) is 18.9 Å². The second-order valence-corrected chi connectivity index (χ2v) is 3.87. The molecule has 0 spiro atoms. The van der Waals surface area contributed by atoms with Gasteiger partial charge in [0.25, 0.3) is 5.56 Å². The van der Waals surface area contributed by atoms with Crippen LogP contribution < -0.4 is 5.56 Å². The van der Waals surface area contributed by atoms with Crippen molar-refractivity contribution in [3.8, 4) is 0 Å². The second kappa shape index (κ2) is 5.37. The van der Waals surface area contributed by atoms with Gasteiger partial charge in [0, 0.05) is 30.7 Å². The van der Waals surface area contributed by atoms with Crippen molar-refractivity contribution in [2.45, 2.75) is 26.1 Å². The van der Waals surface area contributed by atoms with Crippen LogP contribution in [-0.2, 0) is 17.0 Å². The highest BCUT2D eigenvalue weighted by Crippen LogP contribution is 2.08. The van der Waals surface area contributed by atoms with E-state index >= 15 is 0 Å². The zero-order chi connectivity index (χ0) is 11.4. The zero-order valence-corrected chi connectivity index (χ0v) is 10.3. The Labute approximate surface area is 95.5 Å². The van der Waals surface area contributed by atoms with Gasteiger partial charge in [0.15, 0.2) is 0 Å². The highest BCUT2D eigenvalue weighted by atomic mass is 32.1. The van der Waals surface area contributed by atoms with Crippen LogP contribution in [0.2, 0.25) is 0 Å². The Morgan fingerprint density at radius 1 is 1.47 bits per heavy atom. The van der Waals surface area contributed by atoms with Crippen molar-refractivity contribution in [3.05, 3.63) is 33.2 Å². The highest BCUT2D eigenvalue weighted by molar-refractivity contribution is 7.79. The maximum Gasteiger partial charge on any atom is 0.255 e. The molecule has 1 heterocycles. The van der Waals surface area contributed by atoms with Crippen LogP contribution in [0.4, 0.5) is 0 Å². The largest absolute Gasteiger partial charge is 0.383 e. The maximum absolute atomic E-state index is 12.0. The van der Waals surface area contributed by atoms with Gasteiger partial charge in [-0.25, -0.2) is 0 Å². The van der Waals surface area contributed by atoms with E-state index < -0.39 is 0 Å². The molecule has 3 nitrogen and oxygen atoms in total. The van der Waals surface area contributed by atoms with Gasteiger partial charge in [-0.3, -0.25) is 4.79 Å². The van der Waals surface area contributed by atoms with Crippen LogP contribution in [0.5, 0.6) is 0 Å². The third-order valence-electron chi connectivity index (χ3n) is 2.51. The standard InChI is InChI=1S/C11H17NO2S/c1-8-6-9(2)12(4-5-14-3)11(13)10(8)7-15/h6,15H,4-5,7H2,1-3H3. The topological polar surface area (TPSA) is 31.2 Å². The van der Waals surface area contributed by atoms with Gasteiger partial charge in [0.1, 0.15) is 0 Å². The molecule has 0 radical (unpaired) electrons. The summed E-state index contributed by atoms with van der Waals surface area (Å²) < 4.78 is 6.72. The lowest BCUT2D eigenvalue weighted by Gasteiger charge is -2.12. The summed E-state index contributed by atoms with van der Waals surface area (Å²) in [7, 11) is 1.63. The van der Waals surface area contributed by atoms with Gasteiger partial charge in [-0.15, -0.1) is 0 Å². The molecule has 0 aliphatic carbocycles. The number of aryl methyl sites for hydroxylation is 2. The van der Waals surface area contributed by atoms with Gasteiger partial charge < -0.3 is 9.30 Å². The molecule has 1 rings (SSSR count). The molecule has 0 unspecified atom stereocenters. The third-order valence-corrected chi connectivity index (χ3v) is 2.82.